The van der Waals surface area contributed by atoms with E-state index in [2.05, 4.69) is 11.7 Å². The van der Waals surface area contributed by atoms with Crippen LogP contribution in [0.2, 0.25) is 0 Å². The van der Waals surface area contributed by atoms with Crippen LogP contribution in [0.15, 0.2) is 0 Å². The number of hydrogen-bond donors (Lipinski definition) is 0. The van der Waals surface area contributed by atoms with Crippen molar-refractivity contribution in [3.8, 4) is 0 Å². The number of ether oxygens (including phenoxy) is 2. The maximum atomic E-state index is 10.9. The Morgan fingerprint density at radius 3 is 2.64 bits per heavy atom. The minimum atomic E-state index is -0.207. The van der Waals surface area contributed by atoms with Gasteiger partial charge in [-0.25, -0.2) is 0 Å². The molecule has 0 spiro atoms. The monoisotopic (exact) mass is 203 g/mol. The molecule has 4 nitrogen and oxygen atoms in total. The first kappa shape index (κ1) is 13.4. The van der Waals surface area contributed by atoms with Gasteiger partial charge in [-0.3, -0.25) is 9.69 Å². The first-order valence-electron chi connectivity index (χ1n) is 5.03. The number of nitrogens with zero attached hydrogens (tertiary/aromatic N) is 1. The lowest BCUT2D eigenvalue weighted by Crippen LogP contribution is -2.29. The van der Waals surface area contributed by atoms with Crippen molar-refractivity contribution in [2.45, 2.75) is 19.8 Å². The van der Waals surface area contributed by atoms with Gasteiger partial charge in [0.05, 0.1) is 20.3 Å². The van der Waals surface area contributed by atoms with Gasteiger partial charge in [0.15, 0.2) is 0 Å². The van der Waals surface area contributed by atoms with Crippen molar-refractivity contribution in [1.29, 1.82) is 0 Å². The van der Waals surface area contributed by atoms with Crippen molar-refractivity contribution in [1.82, 2.24) is 4.90 Å². The Morgan fingerprint density at radius 1 is 1.36 bits per heavy atom. The Morgan fingerprint density at radius 2 is 2.07 bits per heavy atom. The second-order valence-electron chi connectivity index (χ2n) is 3.28. The highest BCUT2D eigenvalue weighted by atomic mass is 16.5. The van der Waals surface area contributed by atoms with E-state index in [1.165, 1.54) is 7.11 Å². The quantitative estimate of drug-likeness (QED) is 0.434. The summed E-state index contributed by atoms with van der Waals surface area (Å²) in [5.74, 6) is -0.207. The predicted octanol–water partition coefficient (Wildman–Crippen LogP) is 0.908. The van der Waals surface area contributed by atoms with Gasteiger partial charge in [-0.15, -0.1) is 0 Å². The molecule has 0 aliphatic rings. The van der Waals surface area contributed by atoms with Gasteiger partial charge in [0.25, 0.3) is 0 Å². The zero-order valence-corrected chi connectivity index (χ0v) is 9.41. The van der Waals surface area contributed by atoms with Gasteiger partial charge in [-0.1, -0.05) is 13.3 Å². The lowest BCUT2D eigenvalue weighted by Gasteiger charge is -2.14. The summed E-state index contributed by atoms with van der Waals surface area (Å²) in [7, 11) is 3.27. The number of likely N-dealkylation sites (N-methyl/N-ethyl adjacent to an activating group) is 1. The fourth-order valence-electron chi connectivity index (χ4n) is 0.933. The molecule has 0 rings (SSSR count). The zero-order chi connectivity index (χ0) is 10.8. The molecular weight excluding hydrogens is 182 g/mol. The number of unbranched alkanes of at least 4 members (excludes halogenated alkanes) is 1. The second-order valence-corrected chi connectivity index (χ2v) is 3.28. The van der Waals surface area contributed by atoms with Crippen LogP contribution < -0.4 is 0 Å². The van der Waals surface area contributed by atoms with Crippen LogP contribution in [-0.4, -0.2) is 51.3 Å². The number of carbonyl (C=O) groups is 1. The fourth-order valence-corrected chi connectivity index (χ4v) is 0.933. The number of hydrogen-bond acceptors (Lipinski definition) is 4. The third-order valence-corrected chi connectivity index (χ3v) is 1.89. The summed E-state index contributed by atoms with van der Waals surface area (Å²) in [4.78, 5) is 12.7. The third-order valence-electron chi connectivity index (χ3n) is 1.89. The normalized spacial score (nSPS) is 10.6. The summed E-state index contributed by atoms with van der Waals surface area (Å²) in [6.45, 7) is 4.70. The molecule has 14 heavy (non-hydrogen) atoms. The predicted molar refractivity (Wildman–Crippen MR) is 55.2 cm³/mol. The van der Waals surface area contributed by atoms with Gasteiger partial charge in [-0.2, -0.15) is 0 Å². The van der Waals surface area contributed by atoms with E-state index in [4.69, 9.17) is 4.74 Å². The number of methoxy groups -OCH3 is 1. The van der Waals surface area contributed by atoms with Crippen LogP contribution in [0.25, 0.3) is 0 Å². The Bertz CT molecular complexity index is 150. The van der Waals surface area contributed by atoms with E-state index in [1.807, 2.05) is 11.9 Å². The number of esters is 1. The van der Waals surface area contributed by atoms with Crippen molar-refractivity contribution in [3.63, 3.8) is 0 Å². The largest absolute Gasteiger partial charge is 0.468 e. The fraction of sp³-hybridized carbons (Fsp3) is 0.900. The first-order chi connectivity index (χ1) is 6.70. The molecular formula is C10H21NO3. The lowest BCUT2D eigenvalue weighted by molar-refractivity contribution is -0.141. The van der Waals surface area contributed by atoms with Crippen LogP contribution in [0.5, 0.6) is 0 Å². The summed E-state index contributed by atoms with van der Waals surface area (Å²) < 4.78 is 9.91. The smallest absolute Gasteiger partial charge is 0.319 e. The topological polar surface area (TPSA) is 38.8 Å². The summed E-state index contributed by atoms with van der Waals surface area (Å²) in [6, 6.07) is 0. The lowest BCUT2D eigenvalue weighted by atomic mass is 10.4. The average Bonchev–Trinajstić information content (AvgIpc) is 2.17. The third kappa shape index (κ3) is 8.01. The van der Waals surface area contributed by atoms with Gasteiger partial charge >= 0.3 is 5.97 Å². The van der Waals surface area contributed by atoms with E-state index in [-0.39, 0.29) is 5.97 Å². The average molecular weight is 203 g/mol. The Kier molecular flexibility index (Phi) is 8.57. The molecule has 0 amide bonds. The first-order valence-corrected chi connectivity index (χ1v) is 5.03. The summed E-state index contributed by atoms with van der Waals surface area (Å²) in [5.41, 5.74) is 0. The van der Waals surface area contributed by atoms with Crippen LogP contribution >= 0.6 is 0 Å². The maximum Gasteiger partial charge on any atom is 0.319 e. The van der Waals surface area contributed by atoms with Gasteiger partial charge in [-0.05, 0) is 13.5 Å². The minimum absolute atomic E-state index is 0.207. The van der Waals surface area contributed by atoms with Gasteiger partial charge in [0, 0.05) is 13.2 Å². The molecule has 0 radical (unpaired) electrons. The van der Waals surface area contributed by atoms with Crippen LogP contribution in [-0.2, 0) is 14.3 Å². The van der Waals surface area contributed by atoms with E-state index in [0.29, 0.717) is 13.2 Å². The van der Waals surface area contributed by atoms with E-state index in [0.717, 1.165) is 26.0 Å². The van der Waals surface area contributed by atoms with Crippen LogP contribution in [0.1, 0.15) is 19.8 Å². The maximum absolute atomic E-state index is 10.9. The van der Waals surface area contributed by atoms with Crippen LogP contribution in [0, 0.1) is 0 Å². The standard InChI is InChI=1S/C10H21NO3/c1-4-5-7-14-8-6-11(2)9-10(12)13-3/h4-9H2,1-3H3. The van der Waals surface area contributed by atoms with Gasteiger partial charge < -0.3 is 9.47 Å². The molecule has 0 aliphatic heterocycles. The molecule has 0 saturated heterocycles. The highest BCUT2D eigenvalue weighted by Gasteiger charge is 2.04. The Balaban J connectivity index is 3.26. The molecule has 84 valence electrons. The highest BCUT2D eigenvalue weighted by Crippen LogP contribution is 1.89. The second kappa shape index (κ2) is 8.97. The molecule has 0 aliphatic carbocycles. The zero-order valence-electron chi connectivity index (χ0n) is 9.41. The Hall–Kier alpha value is -0.610. The van der Waals surface area contributed by atoms with Crippen LogP contribution in [0.4, 0.5) is 0 Å². The SMILES string of the molecule is CCCCOCCN(C)CC(=O)OC. The van der Waals surface area contributed by atoms with Crippen molar-refractivity contribution >= 4 is 5.97 Å². The van der Waals surface area contributed by atoms with Gasteiger partial charge in [0.1, 0.15) is 0 Å². The molecule has 0 aromatic carbocycles. The van der Waals surface area contributed by atoms with E-state index >= 15 is 0 Å². The van der Waals surface area contributed by atoms with Gasteiger partial charge in [0.2, 0.25) is 0 Å². The minimum Gasteiger partial charge on any atom is -0.468 e. The van der Waals surface area contributed by atoms with Crippen molar-refractivity contribution in [2.75, 3.05) is 40.5 Å². The number of rotatable bonds is 8. The molecule has 0 aromatic rings. The molecule has 0 bridgehead atoms. The molecule has 4 heteroatoms. The van der Waals surface area contributed by atoms with Crippen molar-refractivity contribution in [2.24, 2.45) is 0 Å². The van der Waals surface area contributed by atoms with Crippen molar-refractivity contribution < 1.29 is 14.3 Å². The molecule has 0 heterocycles. The molecule has 0 N–H and O–H groups in total. The number of carbonyl (C=O) groups excluding carboxylic acids is 1. The molecule has 0 saturated carbocycles. The van der Waals surface area contributed by atoms with Crippen molar-refractivity contribution in [3.05, 3.63) is 0 Å². The molecule has 0 unspecified atom stereocenters. The summed E-state index contributed by atoms with van der Waals surface area (Å²) >= 11 is 0. The van der Waals surface area contributed by atoms with E-state index < -0.39 is 0 Å². The van der Waals surface area contributed by atoms with E-state index in [1.54, 1.807) is 0 Å². The molecule has 0 fully saturated rings. The molecule has 0 aromatic heterocycles. The van der Waals surface area contributed by atoms with Crippen LogP contribution in [0.3, 0.4) is 0 Å². The molecule has 0 atom stereocenters. The van der Waals surface area contributed by atoms with E-state index in [9.17, 15) is 4.79 Å². The summed E-state index contributed by atoms with van der Waals surface area (Å²) in [6.07, 6.45) is 2.25. The summed E-state index contributed by atoms with van der Waals surface area (Å²) in [5, 5.41) is 0. The Labute approximate surface area is 86.2 Å². The highest BCUT2D eigenvalue weighted by molar-refractivity contribution is 5.71.